The van der Waals surface area contributed by atoms with Crippen LogP contribution in [0.4, 0.5) is 0 Å². The van der Waals surface area contributed by atoms with E-state index < -0.39 is 27.3 Å². The van der Waals surface area contributed by atoms with Crippen LogP contribution in [0, 0.1) is 0 Å². The number of imidazole rings is 1. The summed E-state index contributed by atoms with van der Waals surface area (Å²) in [7, 11) is -3.60. The van der Waals surface area contributed by atoms with Gasteiger partial charge >= 0.3 is 5.97 Å². The fourth-order valence-electron chi connectivity index (χ4n) is 2.47. The molecular formula is C12H19N3O4S. The van der Waals surface area contributed by atoms with E-state index in [1.165, 1.54) is 12.5 Å². The highest BCUT2D eigenvalue weighted by Gasteiger charge is 2.32. The van der Waals surface area contributed by atoms with Crippen LogP contribution in [0.5, 0.6) is 0 Å². The lowest BCUT2D eigenvalue weighted by molar-refractivity contribution is -0.138. The molecule has 0 aliphatic heterocycles. The predicted octanol–water partition coefficient (Wildman–Crippen LogP) is 0.657. The molecule has 8 heteroatoms. The number of carbonyl (C=O) groups is 1. The van der Waals surface area contributed by atoms with Crippen molar-refractivity contribution in [2.75, 3.05) is 0 Å². The number of nitrogens with zero attached hydrogens (tertiary/aromatic N) is 1. The molecule has 0 spiro atoms. The molecule has 0 amide bonds. The quantitative estimate of drug-likeness (QED) is 0.714. The molecule has 2 rings (SSSR count). The minimum atomic E-state index is -3.60. The maximum Gasteiger partial charge on any atom is 0.322 e. The van der Waals surface area contributed by atoms with Crippen molar-refractivity contribution < 1.29 is 18.3 Å². The maximum absolute atomic E-state index is 12.2. The molecule has 1 aromatic heterocycles. The van der Waals surface area contributed by atoms with E-state index in [1.54, 1.807) is 0 Å². The van der Waals surface area contributed by atoms with Gasteiger partial charge in [0, 0.05) is 18.3 Å². The average molecular weight is 301 g/mol. The van der Waals surface area contributed by atoms with Crippen LogP contribution in [0.1, 0.15) is 37.8 Å². The van der Waals surface area contributed by atoms with E-state index in [2.05, 4.69) is 14.7 Å². The number of H-pyrrole nitrogens is 1. The van der Waals surface area contributed by atoms with E-state index in [9.17, 15) is 18.3 Å². The van der Waals surface area contributed by atoms with Crippen LogP contribution < -0.4 is 4.72 Å². The molecule has 0 aromatic carbocycles. The van der Waals surface area contributed by atoms with E-state index in [4.69, 9.17) is 0 Å². The zero-order valence-electron chi connectivity index (χ0n) is 11.1. The van der Waals surface area contributed by atoms with Crippen molar-refractivity contribution >= 4 is 16.0 Å². The standard InChI is InChI=1S/C12H19N3O4S/c16-12(17)11(6-9-7-13-8-14-9)15-20(18,19)10-4-2-1-3-5-10/h7-8,10-11,15H,1-6H2,(H,13,14)(H,16,17). The van der Waals surface area contributed by atoms with Crippen molar-refractivity contribution in [3.05, 3.63) is 18.2 Å². The molecular weight excluding hydrogens is 282 g/mol. The maximum atomic E-state index is 12.2. The summed E-state index contributed by atoms with van der Waals surface area (Å²) >= 11 is 0. The topological polar surface area (TPSA) is 112 Å². The second-order valence-electron chi connectivity index (χ2n) is 5.09. The van der Waals surface area contributed by atoms with Gasteiger partial charge in [0.25, 0.3) is 0 Å². The molecule has 1 fully saturated rings. The number of aromatic amines is 1. The van der Waals surface area contributed by atoms with Crippen LogP contribution in [-0.4, -0.2) is 40.8 Å². The van der Waals surface area contributed by atoms with Crippen molar-refractivity contribution in [3.8, 4) is 0 Å². The van der Waals surface area contributed by atoms with Gasteiger partial charge in [-0.2, -0.15) is 0 Å². The lowest BCUT2D eigenvalue weighted by atomic mass is 10.0. The number of sulfonamides is 1. The van der Waals surface area contributed by atoms with Gasteiger partial charge in [-0.25, -0.2) is 18.1 Å². The highest BCUT2D eigenvalue weighted by molar-refractivity contribution is 7.90. The van der Waals surface area contributed by atoms with Gasteiger partial charge in [-0.05, 0) is 12.8 Å². The molecule has 1 atom stereocenters. The number of carboxylic acids is 1. The van der Waals surface area contributed by atoms with Gasteiger partial charge in [-0.1, -0.05) is 19.3 Å². The Morgan fingerprint density at radius 2 is 2.15 bits per heavy atom. The Kier molecular flexibility index (Phi) is 4.77. The van der Waals surface area contributed by atoms with Crippen LogP contribution in [0.2, 0.25) is 0 Å². The molecule has 3 N–H and O–H groups in total. The number of hydrogen-bond acceptors (Lipinski definition) is 4. The SMILES string of the molecule is O=C(O)C(Cc1cnc[nH]1)NS(=O)(=O)C1CCCCC1. The Balaban J connectivity index is 2.05. The van der Waals surface area contributed by atoms with Crippen molar-refractivity contribution in [3.63, 3.8) is 0 Å². The Morgan fingerprint density at radius 1 is 1.45 bits per heavy atom. The number of rotatable bonds is 6. The third kappa shape index (κ3) is 3.80. The van der Waals surface area contributed by atoms with E-state index in [1.807, 2.05) is 0 Å². The van der Waals surface area contributed by atoms with Gasteiger partial charge in [0.05, 0.1) is 11.6 Å². The molecule has 1 unspecified atom stereocenters. The minimum absolute atomic E-state index is 0.0568. The fourth-order valence-corrected chi connectivity index (χ4v) is 4.19. The molecule has 0 saturated heterocycles. The van der Waals surface area contributed by atoms with E-state index >= 15 is 0 Å². The lowest BCUT2D eigenvalue weighted by Crippen LogP contribution is -2.46. The largest absolute Gasteiger partial charge is 0.480 e. The molecule has 112 valence electrons. The highest BCUT2D eigenvalue weighted by Crippen LogP contribution is 2.23. The Labute approximate surface area is 117 Å². The van der Waals surface area contributed by atoms with Gasteiger partial charge in [-0.3, -0.25) is 4.79 Å². The summed E-state index contributed by atoms with van der Waals surface area (Å²) in [4.78, 5) is 17.8. The van der Waals surface area contributed by atoms with Gasteiger partial charge < -0.3 is 10.1 Å². The first-order valence-electron chi connectivity index (χ1n) is 6.70. The first-order chi connectivity index (χ1) is 9.49. The van der Waals surface area contributed by atoms with Gasteiger partial charge in [0.1, 0.15) is 6.04 Å². The Morgan fingerprint density at radius 3 is 2.70 bits per heavy atom. The van der Waals surface area contributed by atoms with Crippen molar-refractivity contribution in [2.45, 2.75) is 49.8 Å². The number of carboxylic acid groups (broad SMARTS) is 1. The van der Waals surface area contributed by atoms with Crippen molar-refractivity contribution in [1.82, 2.24) is 14.7 Å². The zero-order valence-corrected chi connectivity index (χ0v) is 11.9. The minimum Gasteiger partial charge on any atom is -0.480 e. The van der Waals surface area contributed by atoms with Crippen LogP contribution in [0.3, 0.4) is 0 Å². The molecule has 1 aromatic rings. The fraction of sp³-hybridized carbons (Fsp3) is 0.667. The van der Waals surface area contributed by atoms with E-state index in [0.29, 0.717) is 18.5 Å². The van der Waals surface area contributed by atoms with Crippen molar-refractivity contribution in [1.29, 1.82) is 0 Å². The number of aromatic nitrogens is 2. The third-order valence-electron chi connectivity index (χ3n) is 3.57. The Bertz CT molecular complexity index is 535. The van der Waals surface area contributed by atoms with Crippen LogP contribution >= 0.6 is 0 Å². The summed E-state index contributed by atoms with van der Waals surface area (Å²) in [5.74, 6) is -1.18. The third-order valence-corrected chi connectivity index (χ3v) is 5.54. The summed E-state index contributed by atoms with van der Waals surface area (Å²) < 4.78 is 26.8. The van der Waals surface area contributed by atoms with E-state index in [0.717, 1.165) is 19.3 Å². The molecule has 1 saturated carbocycles. The Hall–Kier alpha value is -1.41. The molecule has 1 aliphatic carbocycles. The summed E-state index contributed by atoms with van der Waals surface area (Å²) in [6.07, 6.45) is 6.99. The molecule has 7 nitrogen and oxygen atoms in total. The molecule has 1 heterocycles. The number of nitrogens with one attached hydrogen (secondary N) is 2. The van der Waals surface area contributed by atoms with Crippen molar-refractivity contribution in [2.24, 2.45) is 0 Å². The molecule has 0 bridgehead atoms. The summed E-state index contributed by atoms with van der Waals surface area (Å²) in [5.41, 5.74) is 0.587. The summed E-state index contributed by atoms with van der Waals surface area (Å²) in [6, 6.07) is -1.16. The number of hydrogen-bond donors (Lipinski definition) is 3. The molecule has 0 radical (unpaired) electrons. The summed E-state index contributed by atoms with van der Waals surface area (Å²) in [5, 5.41) is 8.70. The molecule has 20 heavy (non-hydrogen) atoms. The normalized spacial score (nSPS) is 18.8. The summed E-state index contributed by atoms with van der Waals surface area (Å²) in [6.45, 7) is 0. The predicted molar refractivity (Wildman–Crippen MR) is 72.6 cm³/mol. The zero-order chi connectivity index (χ0) is 14.6. The lowest BCUT2D eigenvalue weighted by Gasteiger charge is -2.24. The highest BCUT2D eigenvalue weighted by atomic mass is 32.2. The van der Waals surface area contributed by atoms with Crippen LogP contribution in [-0.2, 0) is 21.2 Å². The van der Waals surface area contributed by atoms with Crippen LogP contribution in [0.25, 0.3) is 0 Å². The smallest absolute Gasteiger partial charge is 0.322 e. The first kappa shape index (κ1) is 15.0. The molecule has 1 aliphatic rings. The number of aliphatic carboxylic acids is 1. The van der Waals surface area contributed by atoms with Gasteiger partial charge in [-0.15, -0.1) is 0 Å². The average Bonchev–Trinajstić information content (AvgIpc) is 2.91. The van der Waals surface area contributed by atoms with Crippen LogP contribution in [0.15, 0.2) is 12.5 Å². The second kappa shape index (κ2) is 6.36. The van der Waals surface area contributed by atoms with Gasteiger partial charge in [0.15, 0.2) is 0 Å². The monoisotopic (exact) mass is 301 g/mol. The van der Waals surface area contributed by atoms with Gasteiger partial charge in [0.2, 0.25) is 10.0 Å². The first-order valence-corrected chi connectivity index (χ1v) is 8.25. The second-order valence-corrected chi connectivity index (χ2v) is 7.09. The van der Waals surface area contributed by atoms with E-state index in [-0.39, 0.29) is 6.42 Å².